The summed E-state index contributed by atoms with van der Waals surface area (Å²) in [5.74, 6) is -0.113. The van der Waals surface area contributed by atoms with Gasteiger partial charge >= 0.3 is 0 Å². The molecule has 5 aromatic carbocycles. The Bertz CT molecular complexity index is 1600. The molecule has 0 aromatic heterocycles. The van der Waals surface area contributed by atoms with Gasteiger partial charge in [-0.15, -0.1) is 0 Å². The Balaban J connectivity index is 1.84. The Morgan fingerprint density at radius 3 is 1.87 bits per heavy atom. The van der Waals surface area contributed by atoms with Crippen molar-refractivity contribution in [3.63, 3.8) is 0 Å². The summed E-state index contributed by atoms with van der Waals surface area (Å²) in [6.07, 6.45) is 1.91. The summed E-state index contributed by atoms with van der Waals surface area (Å²) >= 11 is 0. The van der Waals surface area contributed by atoms with Crippen molar-refractivity contribution in [1.29, 1.82) is 0 Å². The van der Waals surface area contributed by atoms with Gasteiger partial charge in [-0.25, -0.2) is 4.39 Å². The number of aromatic hydroxyl groups is 1. The minimum absolute atomic E-state index is 0.0432. The van der Waals surface area contributed by atoms with Crippen LogP contribution in [0.5, 0.6) is 5.75 Å². The van der Waals surface area contributed by atoms with Crippen LogP contribution in [0.2, 0.25) is 0 Å². The summed E-state index contributed by atoms with van der Waals surface area (Å²) in [5, 5.41) is 16.4. The molecule has 0 radical (unpaired) electrons. The maximum atomic E-state index is 14.5. The topological polar surface area (TPSA) is 20.2 Å². The third-order valence-electron chi connectivity index (χ3n) is 7.39. The molecule has 0 atom stereocenters. The molecule has 0 saturated carbocycles. The second-order valence-corrected chi connectivity index (χ2v) is 12.8. The first-order chi connectivity index (χ1) is 17.9. The van der Waals surface area contributed by atoms with Gasteiger partial charge in [-0.3, -0.25) is 0 Å². The van der Waals surface area contributed by atoms with E-state index in [0.29, 0.717) is 5.56 Å². The van der Waals surface area contributed by atoms with Crippen molar-refractivity contribution < 1.29 is 9.50 Å². The Labute approximate surface area is 226 Å². The van der Waals surface area contributed by atoms with E-state index < -0.39 is 0 Å². The monoisotopic (exact) mass is 504 g/mol. The average molecular weight is 505 g/mol. The standard InChI is InChI=1S/C36H37FO/c1-23-15-16-27(37)20-30(23)31-17-24(21-36(5,6)22-35(2,3)4)18-32(34(31)38)33-28-13-9-7-11-25(28)19-26-12-8-10-14-29(26)33/h7-20,38H,21-22H2,1-6H3. The number of phenolic OH excluding ortho intramolecular Hbond substituents is 1. The van der Waals surface area contributed by atoms with E-state index in [1.54, 1.807) is 12.1 Å². The number of aryl methyl sites for hydroxylation is 1. The fraction of sp³-hybridized carbons (Fsp3) is 0.278. The van der Waals surface area contributed by atoms with Crippen molar-refractivity contribution in [2.24, 2.45) is 10.8 Å². The summed E-state index contributed by atoms with van der Waals surface area (Å²) in [6, 6.07) is 27.9. The molecule has 0 fully saturated rings. The molecule has 0 aliphatic rings. The minimum atomic E-state index is -0.305. The predicted octanol–water partition coefficient (Wildman–Crippen LogP) is 10.5. The quantitative estimate of drug-likeness (QED) is 0.236. The van der Waals surface area contributed by atoms with Crippen molar-refractivity contribution in [3.05, 3.63) is 102 Å². The SMILES string of the molecule is Cc1ccc(F)cc1-c1cc(CC(C)(C)CC(C)(C)C)cc(-c2c3ccccc3cc3ccccc23)c1O. The largest absolute Gasteiger partial charge is 0.507 e. The molecule has 38 heavy (non-hydrogen) atoms. The van der Waals surface area contributed by atoms with Gasteiger partial charge in [0.1, 0.15) is 11.6 Å². The van der Waals surface area contributed by atoms with Crippen LogP contribution in [-0.2, 0) is 6.42 Å². The molecule has 194 valence electrons. The van der Waals surface area contributed by atoms with Gasteiger partial charge < -0.3 is 5.11 Å². The first-order valence-electron chi connectivity index (χ1n) is 13.5. The van der Waals surface area contributed by atoms with E-state index in [1.165, 1.54) is 6.07 Å². The van der Waals surface area contributed by atoms with Gasteiger partial charge in [0.05, 0.1) is 0 Å². The van der Waals surface area contributed by atoms with Crippen LogP contribution in [0.3, 0.4) is 0 Å². The van der Waals surface area contributed by atoms with Crippen LogP contribution in [0, 0.1) is 23.6 Å². The van der Waals surface area contributed by atoms with E-state index in [0.717, 1.165) is 62.2 Å². The van der Waals surface area contributed by atoms with Gasteiger partial charge in [-0.2, -0.15) is 0 Å². The van der Waals surface area contributed by atoms with Gasteiger partial charge in [-0.1, -0.05) is 89.2 Å². The Morgan fingerprint density at radius 1 is 0.684 bits per heavy atom. The molecular weight excluding hydrogens is 467 g/mol. The zero-order valence-electron chi connectivity index (χ0n) is 23.3. The van der Waals surface area contributed by atoms with Crippen molar-refractivity contribution in [1.82, 2.24) is 0 Å². The maximum absolute atomic E-state index is 14.5. The zero-order valence-corrected chi connectivity index (χ0v) is 23.3. The van der Waals surface area contributed by atoms with Crippen LogP contribution in [0.1, 0.15) is 52.2 Å². The Morgan fingerprint density at radius 2 is 1.26 bits per heavy atom. The molecule has 0 spiro atoms. The third kappa shape index (κ3) is 5.18. The number of rotatable bonds is 5. The van der Waals surface area contributed by atoms with Crippen LogP contribution in [0.15, 0.2) is 84.9 Å². The fourth-order valence-electron chi connectivity index (χ4n) is 6.43. The molecule has 1 nitrogen and oxygen atoms in total. The number of phenols is 1. The molecular formula is C36H37FO. The third-order valence-corrected chi connectivity index (χ3v) is 7.39. The lowest BCUT2D eigenvalue weighted by atomic mass is 9.72. The summed E-state index contributed by atoms with van der Waals surface area (Å²) < 4.78 is 14.5. The molecule has 5 rings (SSSR count). The highest BCUT2D eigenvalue weighted by Gasteiger charge is 2.27. The second-order valence-electron chi connectivity index (χ2n) is 12.8. The van der Waals surface area contributed by atoms with Crippen LogP contribution < -0.4 is 0 Å². The molecule has 1 N–H and O–H groups in total. The minimum Gasteiger partial charge on any atom is -0.507 e. The lowest BCUT2D eigenvalue weighted by molar-refractivity contribution is 0.211. The van der Waals surface area contributed by atoms with Crippen molar-refractivity contribution in [3.8, 4) is 28.0 Å². The Kier molecular flexibility index (Phi) is 6.55. The first-order valence-corrected chi connectivity index (χ1v) is 13.5. The molecule has 0 aliphatic heterocycles. The van der Waals surface area contributed by atoms with Crippen LogP contribution in [-0.4, -0.2) is 5.11 Å². The van der Waals surface area contributed by atoms with E-state index in [2.05, 4.69) is 77.1 Å². The smallest absolute Gasteiger partial charge is 0.131 e. The van der Waals surface area contributed by atoms with E-state index in [1.807, 2.05) is 31.2 Å². The summed E-state index contributed by atoms with van der Waals surface area (Å²) in [5.41, 5.74) is 5.52. The highest BCUT2D eigenvalue weighted by molar-refractivity contribution is 6.14. The number of halogens is 1. The van der Waals surface area contributed by atoms with Crippen molar-refractivity contribution >= 4 is 21.5 Å². The molecule has 0 amide bonds. The molecule has 0 unspecified atom stereocenters. The predicted molar refractivity (Wildman–Crippen MR) is 160 cm³/mol. The van der Waals surface area contributed by atoms with Crippen molar-refractivity contribution in [2.75, 3.05) is 0 Å². The van der Waals surface area contributed by atoms with E-state index >= 15 is 0 Å². The van der Waals surface area contributed by atoms with Gasteiger partial charge in [0.15, 0.2) is 0 Å². The summed E-state index contributed by atoms with van der Waals surface area (Å²) in [7, 11) is 0. The van der Waals surface area contributed by atoms with Crippen LogP contribution in [0.4, 0.5) is 4.39 Å². The molecule has 0 bridgehead atoms. The van der Waals surface area contributed by atoms with Gasteiger partial charge in [-0.05, 0) is 99.2 Å². The molecule has 2 heteroatoms. The lowest BCUT2D eigenvalue weighted by Crippen LogP contribution is -2.23. The van der Waals surface area contributed by atoms with Crippen molar-refractivity contribution in [2.45, 2.75) is 54.4 Å². The highest BCUT2D eigenvalue weighted by atomic mass is 19.1. The average Bonchev–Trinajstić information content (AvgIpc) is 2.83. The molecule has 0 aliphatic carbocycles. The highest BCUT2D eigenvalue weighted by Crippen LogP contribution is 2.47. The molecule has 5 aromatic rings. The van der Waals surface area contributed by atoms with Gasteiger partial charge in [0, 0.05) is 16.7 Å². The van der Waals surface area contributed by atoms with Crippen LogP contribution in [0.25, 0.3) is 43.8 Å². The normalized spacial score (nSPS) is 12.4. The fourth-order valence-corrected chi connectivity index (χ4v) is 6.43. The van der Waals surface area contributed by atoms with Crippen LogP contribution >= 0.6 is 0 Å². The zero-order chi connectivity index (χ0) is 27.2. The van der Waals surface area contributed by atoms with E-state index in [9.17, 15) is 9.50 Å². The Hall–Kier alpha value is -3.65. The molecule has 0 heterocycles. The van der Waals surface area contributed by atoms with Gasteiger partial charge in [0.2, 0.25) is 0 Å². The van der Waals surface area contributed by atoms with Gasteiger partial charge in [0.25, 0.3) is 0 Å². The maximum Gasteiger partial charge on any atom is 0.131 e. The van der Waals surface area contributed by atoms with E-state index in [-0.39, 0.29) is 22.4 Å². The lowest BCUT2D eigenvalue weighted by Gasteiger charge is -2.33. The van der Waals surface area contributed by atoms with E-state index in [4.69, 9.17) is 0 Å². The summed E-state index contributed by atoms with van der Waals surface area (Å²) in [4.78, 5) is 0. The first kappa shape index (κ1) is 26.0. The number of hydrogen-bond acceptors (Lipinski definition) is 1. The number of hydrogen-bond donors (Lipinski definition) is 1. The number of benzene rings is 5. The molecule has 0 saturated heterocycles. The second kappa shape index (κ2) is 9.58. The number of fused-ring (bicyclic) bond motifs is 2. The summed E-state index contributed by atoms with van der Waals surface area (Å²) in [6.45, 7) is 13.4.